The van der Waals surface area contributed by atoms with E-state index in [1.165, 1.54) is 57.8 Å². The Morgan fingerprint density at radius 2 is 1.06 bits per heavy atom. The molecule has 94 valence electrons. The molecule has 0 spiro atoms. The van der Waals surface area contributed by atoms with E-state index in [0.29, 0.717) is 0 Å². The Kier molecular flexibility index (Phi) is 14.0. The molecule has 0 nitrogen and oxygen atoms in total. The summed E-state index contributed by atoms with van der Waals surface area (Å²) < 4.78 is 0. The number of hydrogen-bond donors (Lipinski definition) is 0. The fraction of sp³-hybridized carbons (Fsp3) is 0.750. The van der Waals surface area contributed by atoms with Gasteiger partial charge >= 0.3 is 0 Å². The van der Waals surface area contributed by atoms with E-state index in [0.717, 1.165) is 6.42 Å². The molecule has 0 heterocycles. The number of unbranched alkanes of at least 4 members (excludes halogenated alkanes) is 7. The van der Waals surface area contributed by atoms with Crippen LogP contribution in [0.1, 0.15) is 78.1 Å². The maximum atomic E-state index is 2.34. The van der Waals surface area contributed by atoms with Gasteiger partial charge < -0.3 is 0 Å². The first kappa shape index (κ1) is 15.5. The van der Waals surface area contributed by atoms with Gasteiger partial charge in [-0.25, -0.2) is 0 Å². The molecule has 0 fully saturated rings. The highest BCUT2D eigenvalue weighted by atomic mass is 13.9. The Balaban J connectivity index is 3.14. The number of rotatable bonds is 11. The van der Waals surface area contributed by atoms with Crippen LogP contribution in [-0.4, -0.2) is 0 Å². The summed E-state index contributed by atoms with van der Waals surface area (Å²) in [5.41, 5.74) is 0. The Labute approximate surface area is 103 Å². The average Bonchev–Trinajstić information content (AvgIpc) is 2.31. The van der Waals surface area contributed by atoms with Crippen molar-refractivity contribution in [2.45, 2.75) is 78.1 Å². The van der Waals surface area contributed by atoms with Gasteiger partial charge in [0.15, 0.2) is 0 Å². The van der Waals surface area contributed by atoms with Gasteiger partial charge in [-0.3, -0.25) is 0 Å². The summed E-state index contributed by atoms with van der Waals surface area (Å²) in [4.78, 5) is 0. The van der Waals surface area contributed by atoms with Crippen molar-refractivity contribution in [2.24, 2.45) is 0 Å². The molecule has 0 saturated heterocycles. The van der Waals surface area contributed by atoms with Crippen LogP contribution in [0.3, 0.4) is 0 Å². The fourth-order valence-electron chi connectivity index (χ4n) is 1.71. The smallest absolute Gasteiger partial charge is 0.0169 e. The Morgan fingerprint density at radius 1 is 0.562 bits per heavy atom. The zero-order valence-electron chi connectivity index (χ0n) is 11.4. The highest BCUT2D eigenvalue weighted by Crippen LogP contribution is 2.04. The van der Waals surface area contributed by atoms with Crippen LogP contribution in [-0.2, 0) is 0 Å². The van der Waals surface area contributed by atoms with E-state index in [4.69, 9.17) is 0 Å². The van der Waals surface area contributed by atoms with Crippen LogP contribution in [0.25, 0.3) is 0 Å². The maximum absolute atomic E-state index is 2.34. The van der Waals surface area contributed by atoms with Crippen molar-refractivity contribution in [3.8, 4) is 0 Å². The molecule has 0 radical (unpaired) electrons. The monoisotopic (exact) mass is 222 g/mol. The minimum atomic E-state index is 1.12. The lowest BCUT2D eigenvalue weighted by atomic mass is 10.1. The first-order valence-electron chi connectivity index (χ1n) is 7.21. The van der Waals surface area contributed by atoms with Crippen LogP contribution in [0.4, 0.5) is 0 Å². The molecular weight excluding hydrogens is 192 g/mol. The number of hydrogen-bond acceptors (Lipinski definition) is 0. The maximum Gasteiger partial charge on any atom is -0.0169 e. The lowest BCUT2D eigenvalue weighted by Crippen LogP contribution is -1.73. The summed E-state index contributed by atoms with van der Waals surface area (Å²) in [5.74, 6) is 0. The highest BCUT2D eigenvalue weighted by Gasteiger charge is 1.84. The van der Waals surface area contributed by atoms with E-state index in [1.54, 1.807) is 0 Å². The minimum Gasteiger partial charge on any atom is -0.0882 e. The largest absolute Gasteiger partial charge is 0.0882 e. The highest BCUT2D eigenvalue weighted by molar-refractivity contribution is 4.92. The molecule has 16 heavy (non-hydrogen) atoms. The van der Waals surface area contributed by atoms with Crippen molar-refractivity contribution < 1.29 is 0 Å². The van der Waals surface area contributed by atoms with Crippen molar-refractivity contribution >= 4 is 0 Å². The molecule has 0 rings (SSSR count). The van der Waals surface area contributed by atoms with Crippen molar-refractivity contribution in [1.82, 2.24) is 0 Å². The second-order valence-corrected chi connectivity index (χ2v) is 4.52. The van der Waals surface area contributed by atoms with Crippen LogP contribution < -0.4 is 0 Å². The summed E-state index contributed by atoms with van der Waals surface area (Å²) in [7, 11) is 0. The van der Waals surface area contributed by atoms with Crippen molar-refractivity contribution in [3.63, 3.8) is 0 Å². The van der Waals surface area contributed by atoms with E-state index in [9.17, 15) is 0 Å². The molecule has 0 heteroatoms. The fourth-order valence-corrected chi connectivity index (χ4v) is 1.71. The van der Waals surface area contributed by atoms with Gasteiger partial charge in [0.05, 0.1) is 0 Å². The third-order valence-corrected chi connectivity index (χ3v) is 2.80. The van der Waals surface area contributed by atoms with Crippen molar-refractivity contribution in [2.75, 3.05) is 0 Å². The summed E-state index contributed by atoms with van der Waals surface area (Å²) in [6.07, 6.45) is 22.5. The molecule has 0 aromatic rings. The van der Waals surface area contributed by atoms with Gasteiger partial charge in [0.1, 0.15) is 0 Å². The predicted molar refractivity (Wildman–Crippen MR) is 75.8 cm³/mol. The zero-order valence-corrected chi connectivity index (χ0v) is 11.4. The van der Waals surface area contributed by atoms with Gasteiger partial charge in [-0.05, 0) is 32.1 Å². The van der Waals surface area contributed by atoms with Gasteiger partial charge in [0.25, 0.3) is 0 Å². The first-order valence-corrected chi connectivity index (χ1v) is 7.21. The molecule has 0 atom stereocenters. The van der Waals surface area contributed by atoms with Gasteiger partial charge in [0, 0.05) is 0 Å². The van der Waals surface area contributed by atoms with Gasteiger partial charge in [-0.15, -0.1) is 0 Å². The molecule has 0 amide bonds. The van der Waals surface area contributed by atoms with Gasteiger partial charge in [0.2, 0.25) is 0 Å². The summed E-state index contributed by atoms with van der Waals surface area (Å²) in [6, 6.07) is 0. The second kappa shape index (κ2) is 14.5. The molecule has 0 aromatic carbocycles. The van der Waals surface area contributed by atoms with E-state index in [2.05, 4.69) is 38.2 Å². The molecule has 0 N–H and O–H groups in total. The van der Waals surface area contributed by atoms with E-state index >= 15 is 0 Å². The SMILES string of the molecule is CCCCC/C=C\CC=CCCCCCC. The summed E-state index contributed by atoms with van der Waals surface area (Å²) >= 11 is 0. The topological polar surface area (TPSA) is 0 Å². The molecule has 0 aliphatic rings. The number of allylic oxidation sites excluding steroid dienone is 4. The van der Waals surface area contributed by atoms with Crippen molar-refractivity contribution in [1.29, 1.82) is 0 Å². The Morgan fingerprint density at radius 3 is 1.62 bits per heavy atom. The van der Waals surface area contributed by atoms with Crippen LogP contribution in [0.5, 0.6) is 0 Å². The molecule has 0 saturated carbocycles. The van der Waals surface area contributed by atoms with Crippen molar-refractivity contribution in [3.05, 3.63) is 24.3 Å². The van der Waals surface area contributed by atoms with Gasteiger partial charge in [-0.2, -0.15) is 0 Å². The molecule has 0 aromatic heterocycles. The standard InChI is InChI=1S/C16H30/c1-3-5-7-9-11-13-15-16-14-12-10-8-6-4-2/h11,13-14,16H,3-10,12,15H2,1-2H3/b13-11-,16-14?. The van der Waals surface area contributed by atoms with Crippen LogP contribution >= 0.6 is 0 Å². The van der Waals surface area contributed by atoms with Crippen LogP contribution in [0.15, 0.2) is 24.3 Å². The molecule has 0 unspecified atom stereocenters. The third kappa shape index (κ3) is 13.5. The first-order chi connectivity index (χ1) is 7.91. The minimum absolute atomic E-state index is 1.12. The quantitative estimate of drug-likeness (QED) is 0.295. The molecule has 0 aliphatic carbocycles. The Bertz CT molecular complexity index is 165. The van der Waals surface area contributed by atoms with E-state index in [1.807, 2.05) is 0 Å². The van der Waals surface area contributed by atoms with E-state index < -0.39 is 0 Å². The molecular formula is C16H30. The molecule has 0 bridgehead atoms. The third-order valence-electron chi connectivity index (χ3n) is 2.80. The second-order valence-electron chi connectivity index (χ2n) is 4.52. The summed E-state index contributed by atoms with van der Waals surface area (Å²) in [5, 5.41) is 0. The lowest BCUT2D eigenvalue weighted by Gasteiger charge is -1.93. The van der Waals surface area contributed by atoms with Gasteiger partial charge in [-0.1, -0.05) is 70.3 Å². The normalized spacial score (nSPS) is 11.9. The summed E-state index contributed by atoms with van der Waals surface area (Å²) in [6.45, 7) is 4.52. The molecule has 0 aliphatic heterocycles. The average molecular weight is 222 g/mol. The van der Waals surface area contributed by atoms with Crippen LogP contribution in [0.2, 0.25) is 0 Å². The Hall–Kier alpha value is -0.520. The predicted octanol–water partition coefficient (Wildman–Crippen LogP) is 6.04. The van der Waals surface area contributed by atoms with E-state index in [-0.39, 0.29) is 0 Å². The van der Waals surface area contributed by atoms with Crippen LogP contribution in [0, 0.1) is 0 Å². The lowest BCUT2D eigenvalue weighted by molar-refractivity contribution is 0.674. The zero-order chi connectivity index (χ0) is 11.9.